The van der Waals surface area contributed by atoms with Gasteiger partial charge < -0.3 is 14.4 Å². The highest BCUT2D eigenvalue weighted by molar-refractivity contribution is 5.75. The monoisotopic (exact) mass is 432 g/mol. The van der Waals surface area contributed by atoms with Crippen LogP contribution in [0.2, 0.25) is 0 Å². The van der Waals surface area contributed by atoms with Crippen LogP contribution in [0.5, 0.6) is 11.5 Å². The molecule has 0 atom stereocenters. The number of nitrogens with one attached hydrogen (secondary N) is 1. The van der Waals surface area contributed by atoms with E-state index in [4.69, 9.17) is 9.26 Å². The van der Waals surface area contributed by atoms with Crippen LogP contribution in [-0.4, -0.2) is 14.8 Å². The Hall–Kier alpha value is -4.00. The molecule has 0 amide bonds. The largest absolute Gasteiger partial charge is 0.508 e. The number of phenols is 1. The molecule has 0 aliphatic rings. The molecule has 0 bridgehead atoms. The van der Waals surface area contributed by atoms with E-state index in [0.717, 1.165) is 43.7 Å². The van der Waals surface area contributed by atoms with Crippen molar-refractivity contribution in [1.29, 1.82) is 0 Å². The molecule has 0 saturated carbocycles. The van der Waals surface area contributed by atoms with E-state index >= 15 is 0 Å². The van der Waals surface area contributed by atoms with Crippen LogP contribution in [0, 0.1) is 20.8 Å². The number of H-pyrrole nitrogens is 1. The number of benzene rings is 3. The van der Waals surface area contributed by atoms with Gasteiger partial charge in [0.05, 0.1) is 6.54 Å². The first-order valence-corrected chi connectivity index (χ1v) is 10.2. The van der Waals surface area contributed by atoms with E-state index in [1.54, 1.807) is 12.1 Å². The van der Waals surface area contributed by atoms with E-state index in [1.165, 1.54) is 0 Å². The maximum absolute atomic E-state index is 11.6. The maximum atomic E-state index is 11.6. The van der Waals surface area contributed by atoms with Crippen LogP contribution >= 0.6 is 0 Å². The topological polar surface area (TPSA) is 97.5 Å². The summed E-state index contributed by atoms with van der Waals surface area (Å²) < 4.78 is 11.7. The fourth-order valence-electron chi connectivity index (χ4n) is 3.91. The zero-order valence-electron chi connectivity index (χ0n) is 18.1. The molecule has 1 aromatic heterocycles. The minimum Gasteiger partial charge on any atom is -0.508 e. The number of aryl methyl sites for hydroxylation is 2. The fourth-order valence-corrected chi connectivity index (χ4v) is 3.91. The molecule has 0 spiro atoms. The first-order chi connectivity index (χ1) is 15.3. The normalized spacial score (nSPS) is 11.0. The molecule has 3 aromatic carbocycles. The molecular weight excluding hydrogens is 408 g/mol. The number of nitrogens with zero attached hydrogens (tertiary/aromatic N) is 1. The van der Waals surface area contributed by atoms with Gasteiger partial charge in [-0.25, -0.2) is 14.6 Å². The van der Waals surface area contributed by atoms with Gasteiger partial charge in [0.25, 0.3) is 0 Å². The van der Waals surface area contributed by atoms with Gasteiger partial charge >= 0.3 is 11.4 Å². The van der Waals surface area contributed by atoms with Crippen LogP contribution in [0.15, 0.2) is 68.7 Å². The number of phenolic OH excluding ortho intramolecular Hbond substituents is 1. The molecule has 4 aromatic rings. The summed E-state index contributed by atoms with van der Waals surface area (Å²) in [5.41, 5.74) is 6.71. The highest BCUT2D eigenvalue weighted by atomic mass is 16.5. The molecular formula is C25H24N2O5. The first kappa shape index (κ1) is 21.2. The Kier molecular flexibility index (Phi) is 5.73. The van der Waals surface area contributed by atoms with Gasteiger partial charge in [0, 0.05) is 0 Å². The Morgan fingerprint density at radius 1 is 1.00 bits per heavy atom. The van der Waals surface area contributed by atoms with Gasteiger partial charge in [-0.3, -0.25) is 0 Å². The molecule has 2 N–H and O–H groups in total. The van der Waals surface area contributed by atoms with Gasteiger partial charge in [-0.2, -0.15) is 0 Å². The van der Waals surface area contributed by atoms with Crippen molar-refractivity contribution in [3.05, 3.63) is 103 Å². The van der Waals surface area contributed by atoms with E-state index in [0.29, 0.717) is 12.4 Å². The van der Waals surface area contributed by atoms with Crippen LogP contribution in [0.3, 0.4) is 0 Å². The lowest BCUT2D eigenvalue weighted by atomic mass is 9.90. The van der Waals surface area contributed by atoms with Crippen molar-refractivity contribution in [2.45, 2.75) is 33.9 Å². The van der Waals surface area contributed by atoms with Gasteiger partial charge in [-0.05, 0) is 84.0 Å². The second-order valence-electron chi connectivity index (χ2n) is 7.82. The molecule has 1 heterocycles. The molecule has 0 saturated heterocycles. The highest BCUT2D eigenvalue weighted by Crippen LogP contribution is 2.34. The average Bonchev–Trinajstić information content (AvgIpc) is 3.05. The van der Waals surface area contributed by atoms with E-state index in [-0.39, 0.29) is 12.3 Å². The van der Waals surface area contributed by atoms with Gasteiger partial charge in [-0.1, -0.05) is 30.3 Å². The third kappa shape index (κ3) is 4.37. The van der Waals surface area contributed by atoms with E-state index in [2.05, 4.69) is 18.0 Å². The summed E-state index contributed by atoms with van der Waals surface area (Å²) in [5, 5.41) is 9.86. The van der Waals surface area contributed by atoms with Gasteiger partial charge in [-0.15, -0.1) is 4.74 Å². The van der Waals surface area contributed by atoms with Crippen molar-refractivity contribution in [2.75, 3.05) is 0 Å². The van der Waals surface area contributed by atoms with Crippen LogP contribution in [0.1, 0.15) is 27.8 Å². The predicted molar refractivity (Wildman–Crippen MR) is 121 cm³/mol. The molecule has 0 fully saturated rings. The smallest absolute Gasteiger partial charge is 0.440 e. The molecule has 0 unspecified atom stereocenters. The summed E-state index contributed by atoms with van der Waals surface area (Å²) in [7, 11) is 0. The SMILES string of the molecule is Cc1cc(O)cc(C)c1-c1cccc(COc2ccc(Cn3oc(=O)[nH]c3=O)cc2)c1C. The number of aromatic amines is 1. The Morgan fingerprint density at radius 2 is 1.69 bits per heavy atom. The van der Waals surface area contributed by atoms with E-state index < -0.39 is 11.4 Å². The summed E-state index contributed by atoms with van der Waals surface area (Å²) >= 11 is 0. The second kappa shape index (κ2) is 8.63. The highest BCUT2D eigenvalue weighted by Gasteiger charge is 2.12. The molecule has 0 radical (unpaired) electrons. The summed E-state index contributed by atoms with van der Waals surface area (Å²) in [6.45, 7) is 6.63. The van der Waals surface area contributed by atoms with Gasteiger partial charge in [0.2, 0.25) is 0 Å². The Labute approximate surface area is 184 Å². The Morgan fingerprint density at radius 3 is 2.31 bits per heavy atom. The van der Waals surface area contributed by atoms with E-state index in [9.17, 15) is 14.7 Å². The maximum Gasteiger partial charge on any atom is 0.440 e. The molecule has 0 aliphatic heterocycles. The van der Waals surface area contributed by atoms with Crippen molar-refractivity contribution in [2.24, 2.45) is 0 Å². The summed E-state index contributed by atoms with van der Waals surface area (Å²) in [6.07, 6.45) is 0. The van der Waals surface area contributed by atoms with Crippen molar-refractivity contribution in [3.8, 4) is 22.6 Å². The lowest BCUT2D eigenvalue weighted by Gasteiger charge is -2.16. The lowest BCUT2D eigenvalue weighted by Crippen LogP contribution is -2.17. The van der Waals surface area contributed by atoms with Crippen LogP contribution in [0.4, 0.5) is 0 Å². The standard InChI is InChI=1S/C25H24N2O5/c1-15-11-20(28)12-16(2)23(15)22-6-4-5-19(17(22)3)14-31-21-9-7-18(8-10-21)13-27-24(29)26-25(30)32-27/h4-12,28H,13-14H2,1-3H3,(H,26,29,30). The van der Waals surface area contributed by atoms with Crippen LogP contribution in [0.25, 0.3) is 11.1 Å². The molecule has 164 valence electrons. The van der Waals surface area contributed by atoms with Crippen molar-refractivity contribution >= 4 is 0 Å². The number of aromatic hydroxyl groups is 1. The lowest BCUT2D eigenvalue weighted by molar-refractivity contribution is 0.258. The number of rotatable bonds is 6. The van der Waals surface area contributed by atoms with Gasteiger partial charge in [0.15, 0.2) is 0 Å². The first-order valence-electron chi connectivity index (χ1n) is 10.2. The van der Waals surface area contributed by atoms with Gasteiger partial charge in [0.1, 0.15) is 18.1 Å². The number of aromatic nitrogens is 2. The number of hydrogen-bond acceptors (Lipinski definition) is 5. The molecule has 7 heteroatoms. The van der Waals surface area contributed by atoms with Crippen LogP contribution in [-0.2, 0) is 13.2 Å². The molecule has 4 rings (SSSR count). The summed E-state index contributed by atoms with van der Waals surface area (Å²) in [4.78, 5) is 24.7. The van der Waals surface area contributed by atoms with Crippen molar-refractivity contribution < 1.29 is 14.4 Å². The molecule has 7 nitrogen and oxygen atoms in total. The third-order valence-electron chi connectivity index (χ3n) is 5.51. The predicted octanol–water partition coefficient (Wildman–Crippen LogP) is 4.05. The van der Waals surface area contributed by atoms with Crippen molar-refractivity contribution in [3.63, 3.8) is 0 Å². The Bertz CT molecular complexity index is 1350. The zero-order valence-corrected chi connectivity index (χ0v) is 18.1. The summed E-state index contributed by atoms with van der Waals surface area (Å²) in [5.74, 6) is 0.191. The van der Waals surface area contributed by atoms with E-state index in [1.807, 2.05) is 50.2 Å². The van der Waals surface area contributed by atoms with Crippen LogP contribution < -0.4 is 16.2 Å². The minimum absolute atomic E-state index is 0.157. The molecule has 0 aliphatic carbocycles. The number of ether oxygens (including phenoxy) is 1. The number of hydrogen-bond donors (Lipinski definition) is 2. The zero-order chi connectivity index (χ0) is 22.8. The fraction of sp³-hybridized carbons (Fsp3) is 0.200. The third-order valence-corrected chi connectivity index (χ3v) is 5.51. The van der Waals surface area contributed by atoms with Crippen molar-refractivity contribution in [1.82, 2.24) is 9.72 Å². The second-order valence-corrected chi connectivity index (χ2v) is 7.82. The quantitative estimate of drug-likeness (QED) is 0.479. The Balaban J connectivity index is 1.50. The summed E-state index contributed by atoms with van der Waals surface area (Å²) in [6, 6.07) is 17.0. The minimum atomic E-state index is -0.773. The average molecular weight is 432 g/mol. The molecule has 32 heavy (non-hydrogen) atoms.